The Hall–Kier alpha value is -4.57. The first-order chi connectivity index (χ1) is 23.0. The van der Waals surface area contributed by atoms with Crippen molar-refractivity contribution in [2.45, 2.75) is 42.6 Å². The number of nitrogens with zero attached hydrogens (tertiary/aromatic N) is 2. The first kappa shape index (κ1) is 32.0. The third-order valence-corrected chi connectivity index (χ3v) is 10.1. The predicted molar refractivity (Wildman–Crippen MR) is 180 cm³/mol. The molecule has 7 rings (SSSR count). The van der Waals surface area contributed by atoms with E-state index in [1.54, 1.807) is 30.3 Å². The lowest BCUT2D eigenvalue weighted by molar-refractivity contribution is -0.145. The van der Waals surface area contributed by atoms with E-state index in [2.05, 4.69) is 5.10 Å². The van der Waals surface area contributed by atoms with Crippen LogP contribution >= 0.6 is 11.6 Å². The van der Waals surface area contributed by atoms with Gasteiger partial charge in [0.15, 0.2) is 0 Å². The van der Waals surface area contributed by atoms with Crippen molar-refractivity contribution in [3.05, 3.63) is 164 Å². The summed E-state index contributed by atoms with van der Waals surface area (Å²) in [5.74, 6) is -2.41. The van der Waals surface area contributed by atoms with Gasteiger partial charge in [0.1, 0.15) is 5.69 Å². The number of hydrogen-bond donors (Lipinski definition) is 3. The number of rotatable bonds is 7. The molecule has 0 amide bonds. The van der Waals surface area contributed by atoms with Crippen LogP contribution < -0.4 is 10.5 Å². The zero-order valence-electron chi connectivity index (χ0n) is 25.9. The number of benzene rings is 4. The summed E-state index contributed by atoms with van der Waals surface area (Å²) >= 11 is 6.60. The van der Waals surface area contributed by atoms with E-state index >= 15 is 0 Å². The molecule has 0 saturated heterocycles. The maximum absolute atomic E-state index is 14.3. The SMILES string of the molecule is CN1C(=CC2C(O)C(c3c(C(F)(F)F)[nH]n(-c4ccccc4)c3=O)C2O)C(Cc2ccccc2)(Cc2ccccc2)c2cc(Cl)ccc21. The summed E-state index contributed by atoms with van der Waals surface area (Å²) in [6, 6.07) is 33.5. The lowest BCUT2D eigenvalue weighted by Crippen LogP contribution is -2.55. The molecule has 1 aliphatic heterocycles. The van der Waals surface area contributed by atoms with Crippen LogP contribution in [0.3, 0.4) is 0 Å². The maximum atomic E-state index is 14.3. The number of hydrogen-bond acceptors (Lipinski definition) is 4. The first-order valence-corrected chi connectivity index (χ1v) is 16.0. The van der Waals surface area contributed by atoms with Gasteiger partial charge in [-0.15, -0.1) is 0 Å². The molecule has 2 atom stereocenters. The van der Waals surface area contributed by atoms with Crippen LogP contribution in [0.1, 0.15) is 33.9 Å². The molecule has 3 N–H and O–H groups in total. The van der Waals surface area contributed by atoms with E-state index < -0.39 is 52.5 Å². The topological polar surface area (TPSA) is 81.5 Å². The highest BCUT2D eigenvalue weighted by Crippen LogP contribution is 2.54. The fourth-order valence-corrected chi connectivity index (χ4v) is 7.73. The molecule has 0 radical (unpaired) electrons. The predicted octanol–water partition coefficient (Wildman–Crippen LogP) is 7.03. The molecule has 0 spiro atoms. The molecule has 1 aromatic heterocycles. The van der Waals surface area contributed by atoms with Gasteiger partial charge in [0.05, 0.1) is 23.5 Å². The second kappa shape index (κ2) is 12.1. The van der Waals surface area contributed by atoms with E-state index in [-0.39, 0.29) is 5.69 Å². The Morgan fingerprint density at radius 3 is 1.94 bits per heavy atom. The van der Waals surface area contributed by atoms with Gasteiger partial charge >= 0.3 is 6.18 Å². The van der Waals surface area contributed by atoms with Crippen LogP contribution in [0.5, 0.6) is 0 Å². The standard InChI is InChI=1S/C38H33ClF3N3O3/c1-44-29-18-17-25(39)19-28(29)37(21-23-11-5-2-6-12-23,22-24-13-7-3-8-14-24)30(44)20-27-33(46)31(34(27)47)32-35(38(40,41)42)43-45(36(32)48)26-15-9-4-10-16-26/h2-20,27,31,33-34,43,46-47H,21-22H2,1H3. The number of aliphatic hydroxyl groups is 2. The van der Waals surface area contributed by atoms with Gasteiger partial charge in [-0.1, -0.05) is 96.5 Å². The minimum Gasteiger partial charge on any atom is -0.392 e. The quantitative estimate of drug-likeness (QED) is 0.174. The van der Waals surface area contributed by atoms with Crippen LogP contribution in [0.15, 0.2) is 126 Å². The number of fused-ring (bicyclic) bond motifs is 1. The highest BCUT2D eigenvalue weighted by molar-refractivity contribution is 6.30. The van der Waals surface area contributed by atoms with Crippen LogP contribution in [0.2, 0.25) is 5.02 Å². The molecule has 4 aromatic carbocycles. The molecule has 10 heteroatoms. The minimum atomic E-state index is -4.93. The third kappa shape index (κ3) is 5.36. The van der Waals surface area contributed by atoms with Crippen molar-refractivity contribution in [1.82, 2.24) is 9.78 Å². The smallest absolute Gasteiger partial charge is 0.392 e. The Kier molecular flexibility index (Phi) is 8.10. The molecule has 1 fully saturated rings. The van der Waals surface area contributed by atoms with Crippen molar-refractivity contribution in [2.75, 3.05) is 11.9 Å². The second-order valence-corrected chi connectivity index (χ2v) is 13.1. The number of aliphatic hydroxyl groups excluding tert-OH is 2. The second-order valence-electron chi connectivity index (χ2n) is 12.6. The summed E-state index contributed by atoms with van der Waals surface area (Å²) < 4.78 is 43.8. The number of aromatic amines is 1. The summed E-state index contributed by atoms with van der Waals surface area (Å²) in [5.41, 5.74) is 1.30. The Morgan fingerprint density at radius 2 is 1.40 bits per heavy atom. The van der Waals surface area contributed by atoms with E-state index in [0.717, 1.165) is 32.8 Å². The third-order valence-electron chi connectivity index (χ3n) is 9.82. The normalized spacial score (nSPS) is 22.5. The van der Waals surface area contributed by atoms with E-state index in [1.165, 1.54) is 12.1 Å². The molecule has 1 aliphatic carbocycles. The van der Waals surface area contributed by atoms with E-state index in [4.69, 9.17) is 11.6 Å². The number of likely N-dealkylation sites (N-methyl/N-ethyl adjacent to an activating group) is 1. The molecule has 246 valence electrons. The molecule has 2 heterocycles. The zero-order chi connectivity index (χ0) is 33.8. The summed E-state index contributed by atoms with van der Waals surface area (Å²) in [6.45, 7) is 0. The van der Waals surface area contributed by atoms with E-state index in [0.29, 0.717) is 17.9 Å². The van der Waals surface area contributed by atoms with Gasteiger partial charge in [-0.3, -0.25) is 9.89 Å². The Bertz CT molecular complexity index is 1980. The number of aromatic nitrogens is 2. The highest BCUT2D eigenvalue weighted by Gasteiger charge is 2.56. The van der Waals surface area contributed by atoms with Gasteiger partial charge in [-0.05, 0) is 59.9 Å². The fourth-order valence-electron chi connectivity index (χ4n) is 7.56. The molecule has 0 bridgehead atoms. The number of allylic oxidation sites excluding steroid dienone is 1. The summed E-state index contributed by atoms with van der Waals surface area (Å²) in [4.78, 5) is 15.5. The molecule has 6 nitrogen and oxygen atoms in total. The van der Waals surface area contributed by atoms with Gasteiger partial charge in [0.25, 0.3) is 5.56 Å². The van der Waals surface area contributed by atoms with Gasteiger partial charge < -0.3 is 15.1 Å². The number of alkyl halides is 3. The lowest BCUT2D eigenvalue weighted by atomic mass is 9.63. The van der Waals surface area contributed by atoms with Crippen LogP contribution in [-0.2, 0) is 24.4 Å². The van der Waals surface area contributed by atoms with Crippen molar-refractivity contribution in [3.63, 3.8) is 0 Å². The minimum absolute atomic E-state index is 0.205. The van der Waals surface area contributed by atoms with Crippen LogP contribution in [0.25, 0.3) is 5.69 Å². The zero-order valence-corrected chi connectivity index (χ0v) is 26.7. The van der Waals surface area contributed by atoms with Gasteiger partial charge in [-0.2, -0.15) is 13.2 Å². The van der Waals surface area contributed by atoms with Gasteiger partial charge in [0.2, 0.25) is 0 Å². The van der Waals surface area contributed by atoms with Crippen molar-refractivity contribution >= 4 is 17.3 Å². The summed E-state index contributed by atoms with van der Waals surface area (Å²) in [6.07, 6.45) is -4.98. The molecule has 1 saturated carbocycles. The highest BCUT2D eigenvalue weighted by atomic mass is 35.5. The van der Waals surface area contributed by atoms with Gasteiger partial charge in [-0.25, -0.2) is 4.68 Å². The van der Waals surface area contributed by atoms with Gasteiger partial charge in [0, 0.05) is 40.7 Å². The van der Waals surface area contributed by atoms with Crippen LogP contribution in [0.4, 0.5) is 18.9 Å². The average Bonchev–Trinajstić information content (AvgIpc) is 3.52. The number of anilines is 1. The summed E-state index contributed by atoms with van der Waals surface area (Å²) in [7, 11) is 1.90. The van der Waals surface area contributed by atoms with Crippen molar-refractivity contribution in [1.29, 1.82) is 0 Å². The molecule has 2 unspecified atom stereocenters. The Morgan fingerprint density at radius 1 is 0.854 bits per heavy atom. The number of nitrogens with one attached hydrogen (secondary N) is 1. The molecule has 48 heavy (non-hydrogen) atoms. The fraction of sp³-hybridized carbons (Fsp3) is 0.237. The first-order valence-electron chi connectivity index (χ1n) is 15.7. The molecule has 2 aliphatic rings. The Labute approximate surface area is 280 Å². The Balaban J connectivity index is 1.34. The molecular formula is C38H33ClF3N3O3. The van der Waals surface area contributed by atoms with Crippen LogP contribution in [-0.4, -0.2) is 39.2 Å². The lowest BCUT2D eigenvalue weighted by Gasteiger charge is -2.46. The molecule has 5 aromatic rings. The van der Waals surface area contributed by atoms with Crippen LogP contribution in [0, 0.1) is 5.92 Å². The van der Waals surface area contributed by atoms with E-state index in [1.807, 2.05) is 84.7 Å². The summed E-state index contributed by atoms with van der Waals surface area (Å²) in [5, 5.41) is 25.9. The maximum Gasteiger partial charge on any atom is 0.433 e. The number of para-hydroxylation sites is 1. The molecular weight excluding hydrogens is 639 g/mol. The average molecular weight is 672 g/mol. The largest absolute Gasteiger partial charge is 0.433 e. The van der Waals surface area contributed by atoms with Crippen molar-refractivity contribution < 1.29 is 23.4 Å². The van der Waals surface area contributed by atoms with Crippen molar-refractivity contribution in [2.24, 2.45) is 5.92 Å². The number of H-pyrrole nitrogens is 1. The monoisotopic (exact) mass is 671 g/mol. The van der Waals surface area contributed by atoms with E-state index in [9.17, 15) is 28.2 Å². The number of halogens is 4. The van der Waals surface area contributed by atoms with Crippen molar-refractivity contribution in [3.8, 4) is 5.69 Å².